The molecule has 9 heteroatoms. The van der Waals surface area contributed by atoms with Crippen molar-refractivity contribution in [2.24, 2.45) is 5.92 Å². The fourth-order valence-electron chi connectivity index (χ4n) is 4.68. The van der Waals surface area contributed by atoms with Gasteiger partial charge >= 0.3 is 17.9 Å². The summed E-state index contributed by atoms with van der Waals surface area (Å²) in [5.74, 6) is -2.24. The Hall–Kier alpha value is -3.98. The molecule has 0 spiro atoms. The Morgan fingerprint density at radius 3 is 2.30 bits per heavy atom. The number of hydrogen-bond donors (Lipinski definition) is 0. The molecule has 0 aliphatic carbocycles. The Balaban J connectivity index is 1.66. The molecule has 7 nitrogen and oxygen atoms in total. The molecule has 40 heavy (non-hydrogen) atoms. The smallest absolute Gasteiger partial charge is 0.307 e. The Labute approximate surface area is 236 Å². The largest absolute Gasteiger partial charge is 0.479 e. The van der Waals surface area contributed by atoms with Gasteiger partial charge in [0.2, 0.25) is 0 Å². The van der Waals surface area contributed by atoms with E-state index in [1.807, 2.05) is 31.2 Å². The fourth-order valence-corrected chi connectivity index (χ4v) is 5.71. The monoisotopic (exact) mass is 566 g/mol. The van der Waals surface area contributed by atoms with Crippen LogP contribution in [0, 0.1) is 18.7 Å². The zero-order valence-corrected chi connectivity index (χ0v) is 23.8. The van der Waals surface area contributed by atoms with E-state index in [-0.39, 0.29) is 11.6 Å². The molecule has 4 rings (SSSR count). The number of esters is 3. The highest BCUT2D eigenvalue weighted by Gasteiger charge is 2.46. The average Bonchev–Trinajstić information content (AvgIpc) is 3.35. The number of rotatable bonds is 7. The van der Waals surface area contributed by atoms with E-state index in [0.717, 1.165) is 38.3 Å². The van der Waals surface area contributed by atoms with Crippen LogP contribution in [0.15, 0.2) is 66.6 Å². The number of carbonyl (C=O) groups excluding carboxylic acids is 3. The van der Waals surface area contributed by atoms with Crippen molar-refractivity contribution in [1.29, 1.82) is 0 Å². The molecule has 4 atom stereocenters. The van der Waals surface area contributed by atoms with Gasteiger partial charge in [-0.25, -0.2) is 4.39 Å². The molecule has 0 radical (unpaired) electrons. The molecule has 0 N–H and O–H groups in total. The molecule has 0 amide bonds. The maximum absolute atomic E-state index is 13.4. The van der Waals surface area contributed by atoms with Crippen LogP contribution >= 0.6 is 11.3 Å². The van der Waals surface area contributed by atoms with E-state index >= 15 is 0 Å². The first-order chi connectivity index (χ1) is 19.0. The lowest BCUT2D eigenvalue weighted by atomic mass is 9.85. The minimum Gasteiger partial charge on any atom is -0.479 e. The molecule has 2 aromatic carbocycles. The summed E-state index contributed by atoms with van der Waals surface area (Å²) in [5, 5.41) is 0. The highest BCUT2D eigenvalue weighted by molar-refractivity contribution is 7.15. The highest BCUT2D eigenvalue weighted by atomic mass is 32.1. The summed E-state index contributed by atoms with van der Waals surface area (Å²) < 4.78 is 35.8. The minimum absolute atomic E-state index is 0.149. The molecule has 0 bridgehead atoms. The maximum Gasteiger partial charge on any atom is 0.307 e. The number of thiophene rings is 1. The van der Waals surface area contributed by atoms with E-state index in [1.165, 1.54) is 32.9 Å². The molecule has 2 heterocycles. The van der Waals surface area contributed by atoms with E-state index in [2.05, 4.69) is 6.07 Å². The lowest BCUT2D eigenvalue weighted by Crippen LogP contribution is -2.46. The van der Waals surface area contributed by atoms with Crippen LogP contribution in [0.25, 0.3) is 10.4 Å². The van der Waals surface area contributed by atoms with Gasteiger partial charge in [-0.2, -0.15) is 0 Å². The second-order valence-electron chi connectivity index (χ2n) is 9.77. The number of benzene rings is 2. The maximum atomic E-state index is 13.4. The third kappa shape index (κ3) is 6.96. The molecular weight excluding hydrogens is 535 g/mol. The van der Waals surface area contributed by atoms with Crippen LogP contribution in [0.1, 0.15) is 55.4 Å². The van der Waals surface area contributed by atoms with Crippen LogP contribution < -0.4 is 0 Å². The van der Waals surface area contributed by atoms with E-state index < -0.39 is 42.1 Å². The third-order valence-electron chi connectivity index (χ3n) is 6.63. The van der Waals surface area contributed by atoms with Gasteiger partial charge < -0.3 is 18.9 Å². The van der Waals surface area contributed by atoms with Gasteiger partial charge in [-0.05, 0) is 53.4 Å². The Morgan fingerprint density at radius 2 is 1.65 bits per heavy atom. The Kier molecular flexibility index (Phi) is 9.04. The van der Waals surface area contributed by atoms with Crippen molar-refractivity contribution < 1.29 is 37.7 Å². The normalized spacial score (nSPS) is 21.4. The first-order valence-electron chi connectivity index (χ1n) is 12.8. The number of halogens is 1. The first-order valence-corrected chi connectivity index (χ1v) is 13.7. The van der Waals surface area contributed by atoms with Crippen molar-refractivity contribution in [3.8, 4) is 10.4 Å². The third-order valence-corrected chi connectivity index (χ3v) is 7.76. The van der Waals surface area contributed by atoms with Crippen LogP contribution in [0.5, 0.6) is 0 Å². The van der Waals surface area contributed by atoms with Crippen LogP contribution in [0.3, 0.4) is 0 Å². The first kappa shape index (κ1) is 29.0. The molecule has 1 aliphatic rings. The van der Waals surface area contributed by atoms with Crippen molar-refractivity contribution in [3.05, 3.63) is 94.0 Å². The molecule has 1 aliphatic heterocycles. The van der Waals surface area contributed by atoms with Crippen molar-refractivity contribution in [3.63, 3.8) is 0 Å². The Bertz CT molecular complexity index is 1430. The molecule has 1 aromatic heterocycles. The number of aryl methyl sites for hydroxylation is 1. The van der Waals surface area contributed by atoms with Gasteiger partial charge in [-0.3, -0.25) is 14.4 Å². The molecule has 3 aromatic rings. The average molecular weight is 567 g/mol. The van der Waals surface area contributed by atoms with Crippen molar-refractivity contribution in [2.75, 3.05) is 0 Å². The van der Waals surface area contributed by atoms with Crippen LogP contribution in [-0.2, 0) is 39.8 Å². The van der Waals surface area contributed by atoms with Crippen molar-refractivity contribution >= 4 is 29.2 Å². The summed E-state index contributed by atoms with van der Waals surface area (Å²) in [6.45, 7) is 7.63. The predicted molar refractivity (Wildman–Crippen MR) is 148 cm³/mol. The standard InChI is InChI=1S/C31H31FO7S/c1-17-6-7-23(14-24(17)15-26-12-13-28(40-26)22-8-10-25(32)11-9-22)31-30(38-21(5)35)18(2)29(37-20(4)34)27(39-31)16-36-19(3)33/h6-14,16,18,29-31H,15H2,1-5H3/b27-16-/t18?,29-,30+,31?/m0/s1. The fraction of sp³-hybridized carbons (Fsp3) is 0.323. The van der Waals surface area contributed by atoms with Gasteiger partial charge in [-0.15, -0.1) is 11.3 Å². The summed E-state index contributed by atoms with van der Waals surface area (Å²) in [5.41, 5.74) is 3.83. The summed E-state index contributed by atoms with van der Waals surface area (Å²) in [6.07, 6.45) is -0.651. The highest BCUT2D eigenvalue weighted by Crippen LogP contribution is 2.41. The molecule has 210 valence electrons. The Morgan fingerprint density at radius 1 is 0.950 bits per heavy atom. The molecule has 1 saturated heterocycles. The zero-order valence-electron chi connectivity index (χ0n) is 22.9. The van der Waals surface area contributed by atoms with Crippen LogP contribution in [0.2, 0.25) is 0 Å². The second kappa shape index (κ2) is 12.5. The number of hydrogen-bond acceptors (Lipinski definition) is 8. The van der Waals surface area contributed by atoms with E-state index in [9.17, 15) is 18.8 Å². The summed E-state index contributed by atoms with van der Waals surface area (Å²) in [7, 11) is 0. The molecule has 1 fully saturated rings. The quantitative estimate of drug-likeness (QED) is 0.185. The summed E-state index contributed by atoms with van der Waals surface area (Å²) >= 11 is 1.63. The van der Waals surface area contributed by atoms with Gasteiger partial charge in [0.15, 0.2) is 18.0 Å². The SMILES string of the molecule is CC(=O)O/C=C1\OC(c2ccc(C)c(Cc3ccc(-c4ccc(F)cc4)s3)c2)[C@H](OC(C)=O)C(C)[C@@H]1OC(C)=O. The molecule has 2 unspecified atom stereocenters. The van der Waals surface area contributed by atoms with Crippen molar-refractivity contribution in [2.45, 2.75) is 59.4 Å². The van der Waals surface area contributed by atoms with Gasteiger partial charge in [-0.1, -0.05) is 37.3 Å². The van der Waals surface area contributed by atoms with E-state index in [4.69, 9.17) is 18.9 Å². The summed E-state index contributed by atoms with van der Waals surface area (Å²) in [6, 6.07) is 16.4. The van der Waals surface area contributed by atoms with Gasteiger partial charge in [0.25, 0.3) is 0 Å². The lowest BCUT2D eigenvalue weighted by molar-refractivity contribution is -0.184. The zero-order chi connectivity index (χ0) is 29.0. The van der Waals surface area contributed by atoms with Crippen molar-refractivity contribution in [1.82, 2.24) is 0 Å². The topological polar surface area (TPSA) is 88.1 Å². The lowest BCUT2D eigenvalue weighted by Gasteiger charge is -2.41. The van der Waals surface area contributed by atoms with Gasteiger partial charge in [0.1, 0.15) is 18.2 Å². The van der Waals surface area contributed by atoms with Gasteiger partial charge in [0, 0.05) is 42.9 Å². The van der Waals surface area contributed by atoms with Crippen LogP contribution in [0.4, 0.5) is 4.39 Å². The van der Waals surface area contributed by atoms with Gasteiger partial charge in [0.05, 0.1) is 0 Å². The molecule has 0 saturated carbocycles. The predicted octanol–water partition coefficient (Wildman–Crippen LogP) is 6.43. The van der Waals surface area contributed by atoms with Crippen LogP contribution in [-0.4, -0.2) is 30.1 Å². The van der Waals surface area contributed by atoms with E-state index in [0.29, 0.717) is 6.42 Å². The molecular formula is C31H31FO7S. The van der Waals surface area contributed by atoms with E-state index in [1.54, 1.807) is 30.4 Å². The number of carbonyl (C=O) groups is 3. The second-order valence-corrected chi connectivity index (χ2v) is 10.9. The minimum atomic E-state index is -0.918. The number of ether oxygens (including phenoxy) is 4. The summed E-state index contributed by atoms with van der Waals surface area (Å²) in [4.78, 5) is 37.6.